The monoisotopic (exact) mass is 340 g/mol. The molecule has 0 bridgehead atoms. The minimum absolute atomic E-state index is 0.174. The van der Waals surface area contributed by atoms with Gasteiger partial charge in [-0.3, -0.25) is 4.90 Å². The van der Waals surface area contributed by atoms with E-state index < -0.39 is 0 Å². The molecule has 0 saturated heterocycles. The van der Waals surface area contributed by atoms with Crippen LogP contribution in [0.5, 0.6) is 0 Å². The van der Waals surface area contributed by atoms with Crippen LogP contribution in [0.2, 0.25) is 0 Å². The van der Waals surface area contributed by atoms with Crippen molar-refractivity contribution in [3.63, 3.8) is 0 Å². The maximum absolute atomic E-state index is 6.44. The lowest BCUT2D eigenvalue weighted by atomic mass is 9.95. The van der Waals surface area contributed by atoms with Gasteiger partial charge < -0.3 is 5.73 Å². The van der Waals surface area contributed by atoms with Gasteiger partial charge in [-0.05, 0) is 36.6 Å². The number of hydrogen-bond donors (Lipinski definition) is 1. The van der Waals surface area contributed by atoms with E-state index in [4.69, 9.17) is 5.73 Å². The number of benzene rings is 1. The van der Waals surface area contributed by atoms with Gasteiger partial charge >= 0.3 is 0 Å². The van der Waals surface area contributed by atoms with Gasteiger partial charge in [-0.25, -0.2) is 0 Å². The predicted octanol–water partition coefficient (Wildman–Crippen LogP) is 4.60. The molecule has 3 atom stereocenters. The summed E-state index contributed by atoms with van der Waals surface area (Å²) in [6, 6.07) is 9.06. The van der Waals surface area contributed by atoms with Gasteiger partial charge in [0, 0.05) is 23.1 Å². The zero-order chi connectivity index (χ0) is 15.1. The van der Waals surface area contributed by atoms with Gasteiger partial charge in [0.25, 0.3) is 0 Å². The van der Waals surface area contributed by atoms with Crippen molar-refractivity contribution in [2.45, 2.75) is 52.6 Å². The Labute approximate surface area is 132 Å². The Balaban J connectivity index is 3.03. The molecule has 3 unspecified atom stereocenters. The van der Waals surface area contributed by atoms with Gasteiger partial charge in [-0.1, -0.05) is 62.2 Å². The second-order valence-corrected chi connectivity index (χ2v) is 6.59. The minimum Gasteiger partial charge on any atom is -0.326 e. The topological polar surface area (TPSA) is 29.3 Å². The molecule has 0 amide bonds. The number of likely N-dealkylation sites (N-methyl/N-ethyl adjacent to an activating group) is 1. The van der Waals surface area contributed by atoms with Gasteiger partial charge in [0.15, 0.2) is 0 Å². The number of nitrogens with two attached hydrogens (primary N) is 1. The molecule has 0 saturated carbocycles. The molecule has 0 aliphatic rings. The molecule has 0 aromatic heterocycles. The lowest BCUT2D eigenvalue weighted by Gasteiger charge is -2.36. The van der Waals surface area contributed by atoms with E-state index >= 15 is 0 Å². The first kappa shape index (κ1) is 17.7. The van der Waals surface area contributed by atoms with Crippen LogP contribution >= 0.6 is 15.9 Å². The molecule has 0 aliphatic carbocycles. The van der Waals surface area contributed by atoms with Gasteiger partial charge in [0.05, 0.1) is 0 Å². The number of hydrogen-bond acceptors (Lipinski definition) is 2. The molecule has 1 aromatic carbocycles. The van der Waals surface area contributed by atoms with E-state index in [2.05, 4.69) is 72.8 Å². The first-order chi connectivity index (χ1) is 9.53. The molecule has 0 aliphatic heterocycles. The Morgan fingerprint density at radius 2 is 1.90 bits per heavy atom. The highest BCUT2D eigenvalue weighted by Gasteiger charge is 2.25. The molecule has 0 spiro atoms. The van der Waals surface area contributed by atoms with E-state index in [0.717, 1.165) is 24.0 Å². The van der Waals surface area contributed by atoms with E-state index in [1.54, 1.807) is 0 Å². The average Bonchev–Trinajstić information content (AvgIpc) is 2.45. The summed E-state index contributed by atoms with van der Waals surface area (Å²) in [6.45, 7) is 11.1. The molecule has 1 rings (SSSR count). The highest BCUT2D eigenvalue weighted by molar-refractivity contribution is 9.10. The number of halogens is 1. The Morgan fingerprint density at radius 1 is 1.20 bits per heavy atom. The largest absolute Gasteiger partial charge is 0.326 e. The van der Waals surface area contributed by atoms with E-state index in [1.807, 2.05) is 0 Å². The summed E-state index contributed by atoms with van der Waals surface area (Å²) in [6.07, 6.45) is 2.21. The van der Waals surface area contributed by atoms with Gasteiger partial charge in [-0.2, -0.15) is 0 Å². The van der Waals surface area contributed by atoms with E-state index in [1.165, 1.54) is 12.0 Å². The van der Waals surface area contributed by atoms with Crippen LogP contribution in [0.3, 0.4) is 0 Å². The van der Waals surface area contributed by atoms with Gasteiger partial charge in [-0.15, -0.1) is 0 Å². The molecule has 0 heterocycles. The Kier molecular flexibility index (Phi) is 7.78. The molecular weight excluding hydrogens is 312 g/mol. The van der Waals surface area contributed by atoms with Crippen LogP contribution in [0.15, 0.2) is 28.7 Å². The second kappa shape index (κ2) is 8.81. The third-order valence-corrected chi connectivity index (χ3v) is 4.60. The van der Waals surface area contributed by atoms with Crippen LogP contribution in [0.1, 0.15) is 52.1 Å². The molecule has 2 N–H and O–H groups in total. The van der Waals surface area contributed by atoms with E-state index in [9.17, 15) is 0 Å². The van der Waals surface area contributed by atoms with Crippen molar-refractivity contribution in [1.82, 2.24) is 4.90 Å². The van der Waals surface area contributed by atoms with Crippen molar-refractivity contribution in [2.24, 2.45) is 11.7 Å². The Hall–Kier alpha value is -0.380. The minimum atomic E-state index is 0.174. The molecular formula is C17H29BrN2. The fourth-order valence-corrected chi connectivity index (χ4v) is 3.03. The summed E-state index contributed by atoms with van der Waals surface area (Å²) in [7, 11) is 0. The molecule has 0 radical (unpaired) electrons. The summed E-state index contributed by atoms with van der Waals surface area (Å²) in [5, 5.41) is 0. The SMILES string of the molecule is CCC(C)CN(CC)C(c1cccc(Br)c1)C(N)CC. The maximum atomic E-state index is 6.44. The lowest BCUT2D eigenvalue weighted by Crippen LogP contribution is -2.42. The molecule has 3 heteroatoms. The summed E-state index contributed by atoms with van der Waals surface area (Å²) < 4.78 is 1.13. The maximum Gasteiger partial charge on any atom is 0.0499 e. The predicted molar refractivity (Wildman–Crippen MR) is 91.9 cm³/mol. The Bertz CT molecular complexity index is 394. The van der Waals surface area contributed by atoms with E-state index in [0.29, 0.717) is 12.0 Å². The second-order valence-electron chi connectivity index (χ2n) is 5.67. The standard InChI is InChI=1S/C17H29BrN2/c1-5-13(4)12-20(7-3)17(16(19)6-2)14-9-8-10-15(18)11-14/h8-11,13,16-17H,5-7,12,19H2,1-4H3. The van der Waals surface area contributed by atoms with Crippen molar-refractivity contribution in [3.8, 4) is 0 Å². The smallest absolute Gasteiger partial charge is 0.0499 e. The van der Waals surface area contributed by atoms with Crippen LogP contribution in [0.25, 0.3) is 0 Å². The first-order valence-electron chi connectivity index (χ1n) is 7.78. The Morgan fingerprint density at radius 3 is 2.40 bits per heavy atom. The lowest BCUT2D eigenvalue weighted by molar-refractivity contribution is 0.153. The van der Waals surface area contributed by atoms with Crippen molar-refractivity contribution in [1.29, 1.82) is 0 Å². The van der Waals surface area contributed by atoms with Crippen LogP contribution in [0, 0.1) is 5.92 Å². The molecule has 20 heavy (non-hydrogen) atoms. The summed E-state index contributed by atoms with van der Waals surface area (Å²) in [4.78, 5) is 2.53. The first-order valence-corrected chi connectivity index (χ1v) is 8.57. The number of nitrogens with zero attached hydrogens (tertiary/aromatic N) is 1. The summed E-state index contributed by atoms with van der Waals surface area (Å²) in [5.41, 5.74) is 7.75. The zero-order valence-electron chi connectivity index (χ0n) is 13.3. The summed E-state index contributed by atoms with van der Waals surface area (Å²) in [5.74, 6) is 0.702. The molecule has 0 fully saturated rings. The third kappa shape index (κ3) is 4.87. The van der Waals surface area contributed by atoms with Crippen LogP contribution in [0.4, 0.5) is 0 Å². The fourth-order valence-electron chi connectivity index (χ4n) is 2.61. The van der Waals surface area contributed by atoms with E-state index in [-0.39, 0.29) is 6.04 Å². The third-order valence-electron chi connectivity index (χ3n) is 4.11. The highest BCUT2D eigenvalue weighted by Crippen LogP contribution is 2.28. The van der Waals surface area contributed by atoms with Crippen molar-refractivity contribution in [3.05, 3.63) is 34.3 Å². The van der Waals surface area contributed by atoms with Crippen molar-refractivity contribution in [2.75, 3.05) is 13.1 Å². The van der Waals surface area contributed by atoms with Crippen LogP contribution in [-0.2, 0) is 0 Å². The molecule has 1 aromatic rings. The zero-order valence-corrected chi connectivity index (χ0v) is 14.9. The van der Waals surface area contributed by atoms with Crippen molar-refractivity contribution < 1.29 is 0 Å². The van der Waals surface area contributed by atoms with Crippen LogP contribution in [-0.4, -0.2) is 24.0 Å². The summed E-state index contributed by atoms with van der Waals surface area (Å²) >= 11 is 3.58. The molecule has 114 valence electrons. The quantitative estimate of drug-likeness (QED) is 0.749. The van der Waals surface area contributed by atoms with Gasteiger partial charge in [0.1, 0.15) is 0 Å². The highest BCUT2D eigenvalue weighted by atomic mass is 79.9. The van der Waals surface area contributed by atoms with Crippen molar-refractivity contribution >= 4 is 15.9 Å². The average molecular weight is 341 g/mol. The number of rotatable bonds is 8. The molecule has 2 nitrogen and oxygen atoms in total. The van der Waals surface area contributed by atoms with Gasteiger partial charge in [0.2, 0.25) is 0 Å². The fraction of sp³-hybridized carbons (Fsp3) is 0.647. The normalized spacial score (nSPS) is 16.1. The van der Waals surface area contributed by atoms with Crippen LogP contribution < -0.4 is 5.73 Å².